The molecule has 1 aromatic carbocycles. The van der Waals surface area contributed by atoms with E-state index in [1.54, 1.807) is 0 Å². The highest BCUT2D eigenvalue weighted by atomic mass is 16.5. The molecule has 1 aromatic rings. The van der Waals surface area contributed by atoms with Crippen molar-refractivity contribution in [2.45, 2.75) is 52.6 Å². The first kappa shape index (κ1) is 14.0. The minimum Gasteiger partial charge on any atom is -0.492 e. The van der Waals surface area contributed by atoms with Crippen LogP contribution in [0.1, 0.15) is 42.9 Å². The average Bonchev–Trinajstić information content (AvgIpc) is 3.18. The molecule has 2 rings (SSSR count). The predicted octanol–water partition coefficient (Wildman–Crippen LogP) is 3.35. The second-order valence-electron chi connectivity index (χ2n) is 5.24. The lowest BCUT2D eigenvalue weighted by atomic mass is 10.1. The minimum absolute atomic E-state index is 0.669. The third-order valence-electron chi connectivity index (χ3n) is 3.34. The SMILES string of the molecule is CC#CCCOc1c(C)cc(CNC2CC2)cc1C. The van der Waals surface area contributed by atoms with Crippen molar-refractivity contribution in [1.29, 1.82) is 0 Å². The van der Waals surface area contributed by atoms with Crippen molar-refractivity contribution in [3.05, 3.63) is 28.8 Å². The van der Waals surface area contributed by atoms with Gasteiger partial charge in [-0.15, -0.1) is 11.8 Å². The van der Waals surface area contributed by atoms with Crippen molar-refractivity contribution in [3.8, 4) is 17.6 Å². The Morgan fingerprint density at radius 3 is 2.53 bits per heavy atom. The third-order valence-corrected chi connectivity index (χ3v) is 3.34. The zero-order chi connectivity index (χ0) is 13.7. The van der Waals surface area contributed by atoms with E-state index in [-0.39, 0.29) is 0 Å². The number of nitrogens with one attached hydrogen (secondary N) is 1. The van der Waals surface area contributed by atoms with Crippen LogP contribution in [-0.2, 0) is 6.54 Å². The van der Waals surface area contributed by atoms with E-state index < -0.39 is 0 Å². The van der Waals surface area contributed by atoms with Gasteiger partial charge in [0.1, 0.15) is 5.75 Å². The summed E-state index contributed by atoms with van der Waals surface area (Å²) in [5.41, 5.74) is 3.79. The molecule has 0 bridgehead atoms. The molecule has 0 heterocycles. The monoisotopic (exact) mass is 257 g/mol. The van der Waals surface area contributed by atoms with E-state index in [1.165, 1.54) is 29.5 Å². The summed E-state index contributed by atoms with van der Waals surface area (Å²) in [6.07, 6.45) is 3.45. The van der Waals surface area contributed by atoms with Gasteiger partial charge in [-0.3, -0.25) is 0 Å². The number of hydrogen-bond donors (Lipinski definition) is 1. The van der Waals surface area contributed by atoms with Crippen molar-refractivity contribution in [2.24, 2.45) is 0 Å². The Morgan fingerprint density at radius 1 is 1.26 bits per heavy atom. The molecule has 1 N–H and O–H groups in total. The Kier molecular flexibility index (Phi) is 4.87. The van der Waals surface area contributed by atoms with Crippen molar-refractivity contribution in [1.82, 2.24) is 5.32 Å². The van der Waals surface area contributed by atoms with Crippen LogP contribution in [-0.4, -0.2) is 12.6 Å². The van der Waals surface area contributed by atoms with Gasteiger partial charge < -0.3 is 10.1 Å². The quantitative estimate of drug-likeness (QED) is 0.623. The lowest BCUT2D eigenvalue weighted by Gasteiger charge is -2.13. The molecule has 2 nitrogen and oxygen atoms in total. The molecule has 0 amide bonds. The smallest absolute Gasteiger partial charge is 0.125 e. The molecule has 1 fully saturated rings. The topological polar surface area (TPSA) is 21.3 Å². The van der Waals surface area contributed by atoms with Crippen molar-refractivity contribution in [3.63, 3.8) is 0 Å². The van der Waals surface area contributed by atoms with Crippen molar-refractivity contribution in [2.75, 3.05) is 6.61 Å². The molecule has 1 aliphatic rings. The zero-order valence-electron chi connectivity index (χ0n) is 12.2. The standard InChI is InChI=1S/C17H23NO/c1-4-5-6-9-19-17-13(2)10-15(11-14(17)3)12-18-16-7-8-16/h10-11,16,18H,6-9,12H2,1-3H3. The van der Waals surface area contributed by atoms with Gasteiger partial charge in [-0.25, -0.2) is 0 Å². The van der Waals surface area contributed by atoms with E-state index >= 15 is 0 Å². The lowest BCUT2D eigenvalue weighted by molar-refractivity contribution is 0.322. The molecule has 0 saturated heterocycles. The highest BCUT2D eigenvalue weighted by Crippen LogP contribution is 2.26. The maximum atomic E-state index is 5.84. The fourth-order valence-corrected chi connectivity index (χ4v) is 2.25. The van der Waals surface area contributed by atoms with Crippen LogP contribution < -0.4 is 10.1 Å². The number of ether oxygens (including phenoxy) is 1. The summed E-state index contributed by atoms with van der Waals surface area (Å²) in [4.78, 5) is 0. The number of benzene rings is 1. The van der Waals surface area contributed by atoms with Gasteiger partial charge >= 0.3 is 0 Å². The van der Waals surface area contributed by atoms with E-state index in [1.807, 2.05) is 6.92 Å². The van der Waals surface area contributed by atoms with Gasteiger partial charge in [0.05, 0.1) is 6.61 Å². The van der Waals surface area contributed by atoms with Crippen LogP contribution in [0.25, 0.3) is 0 Å². The molecule has 1 saturated carbocycles. The molecule has 0 radical (unpaired) electrons. The lowest BCUT2D eigenvalue weighted by Crippen LogP contribution is -2.15. The van der Waals surface area contributed by atoms with E-state index in [4.69, 9.17) is 4.74 Å². The molecule has 0 aliphatic heterocycles. The van der Waals surface area contributed by atoms with Gasteiger partial charge in [0.2, 0.25) is 0 Å². The van der Waals surface area contributed by atoms with Crippen LogP contribution in [0.2, 0.25) is 0 Å². The van der Waals surface area contributed by atoms with Gasteiger partial charge in [0, 0.05) is 19.0 Å². The van der Waals surface area contributed by atoms with Crippen LogP contribution in [0.4, 0.5) is 0 Å². The van der Waals surface area contributed by atoms with Crippen LogP contribution >= 0.6 is 0 Å². The van der Waals surface area contributed by atoms with Gasteiger partial charge in [-0.2, -0.15) is 0 Å². The van der Waals surface area contributed by atoms with Crippen molar-refractivity contribution >= 4 is 0 Å². The average molecular weight is 257 g/mol. The van der Waals surface area contributed by atoms with E-state index in [0.717, 1.165) is 24.8 Å². The Morgan fingerprint density at radius 2 is 1.95 bits per heavy atom. The first-order valence-corrected chi connectivity index (χ1v) is 7.06. The first-order chi connectivity index (χ1) is 9.20. The summed E-state index contributed by atoms with van der Waals surface area (Å²) >= 11 is 0. The summed E-state index contributed by atoms with van der Waals surface area (Å²) in [6.45, 7) is 7.73. The molecule has 19 heavy (non-hydrogen) atoms. The van der Waals surface area contributed by atoms with Crippen LogP contribution in [0.5, 0.6) is 5.75 Å². The second kappa shape index (κ2) is 6.63. The molecule has 0 spiro atoms. The fraction of sp³-hybridized carbons (Fsp3) is 0.529. The third kappa shape index (κ3) is 4.29. The van der Waals surface area contributed by atoms with Gasteiger partial charge in [0.25, 0.3) is 0 Å². The largest absolute Gasteiger partial charge is 0.492 e. The molecule has 2 heteroatoms. The van der Waals surface area contributed by atoms with Gasteiger partial charge in [0.15, 0.2) is 0 Å². The predicted molar refractivity (Wildman–Crippen MR) is 79.3 cm³/mol. The van der Waals surface area contributed by atoms with Crippen molar-refractivity contribution < 1.29 is 4.74 Å². The summed E-state index contributed by atoms with van der Waals surface area (Å²) in [5, 5.41) is 3.55. The summed E-state index contributed by atoms with van der Waals surface area (Å²) in [5.74, 6) is 6.93. The molecule has 0 atom stereocenters. The molecule has 102 valence electrons. The van der Waals surface area contributed by atoms with E-state index in [0.29, 0.717) is 6.61 Å². The van der Waals surface area contributed by atoms with Gasteiger partial charge in [-0.1, -0.05) is 12.1 Å². The zero-order valence-corrected chi connectivity index (χ0v) is 12.2. The Bertz CT molecular complexity index is 469. The maximum absolute atomic E-state index is 5.84. The molecule has 1 aliphatic carbocycles. The molecular formula is C17H23NO. The molecular weight excluding hydrogens is 234 g/mol. The van der Waals surface area contributed by atoms with E-state index in [9.17, 15) is 0 Å². The van der Waals surface area contributed by atoms with Crippen LogP contribution in [0, 0.1) is 25.7 Å². The molecule has 0 unspecified atom stereocenters. The maximum Gasteiger partial charge on any atom is 0.125 e. The second-order valence-corrected chi connectivity index (χ2v) is 5.24. The highest BCUT2D eigenvalue weighted by molar-refractivity contribution is 5.43. The number of hydrogen-bond acceptors (Lipinski definition) is 2. The number of rotatable bonds is 6. The summed E-state index contributed by atoms with van der Waals surface area (Å²) in [6, 6.07) is 5.20. The van der Waals surface area contributed by atoms with Gasteiger partial charge in [-0.05, 0) is 50.3 Å². The van der Waals surface area contributed by atoms with E-state index in [2.05, 4.69) is 43.1 Å². The minimum atomic E-state index is 0.669. The van der Waals surface area contributed by atoms with Crippen LogP contribution in [0.15, 0.2) is 12.1 Å². The Labute approximate surface area is 116 Å². The number of aryl methyl sites for hydroxylation is 2. The Hall–Kier alpha value is -1.46. The normalized spacial score (nSPS) is 13.8. The summed E-state index contributed by atoms with van der Waals surface area (Å²) < 4.78 is 5.84. The first-order valence-electron chi connectivity index (χ1n) is 7.06. The molecule has 0 aromatic heterocycles. The highest BCUT2D eigenvalue weighted by Gasteiger charge is 2.20. The fourth-order valence-electron chi connectivity index (χ4n) is 2.25. The van der Waals surface area contributed by atoms with Crippen LogP contribution in [0.3, 0.4) is 0 Å². The summed E-state index contributed by atoms with van der Waals surface area (Å²) in [7, 11) is 0. The Balaban J connectivity index is 1.96.